The first-order valence-corrected chi connectivity index (χ1v) is 7.40. The summed E-state index contributed by atoms with van der Waals surface area (Å²) in [5, 5.41) is 16.6. The number of carbonyl (C=O) groups is 1. The van der Waals surface area contributed by atoms with Crippen LogP contribution in [0.15, 0.2) is 24.3 Å². The maximum absolute atomic E-state index is 11.8. The molecule has 0 fully saturated rings. The molecule has 1 aromatic carbocycles. The molecular weight excluding hydrogens is 296 g/mol. The van der Waals surface area contributed by atoms with Crippen LogP contribution in [0, 0.1) is 0 Å². The molecule has 1 heterocycles. The molecule has 0 bridgehead atoms. The van der Waals surface area contributed by atoms with Gasteiger partial charge in [-0.3, -0.25) is 0 Å². The lowest BCUT2D eigenvalue weighted by Crippen LogP contribution is -2.36. The van der Waals surface area contributed by atoms with Gasteiger partial charge in [0, 0.05) is 24.6 Å². The van der Waals surface area contributed by atoms with Crippen molar-refractivity contribution in [3.8, 4) is 11.4 Å². The van der Waals surface area contributed by atoms with Crippen molar-refractivity contribution in [2.45, 2.75) is 32.3 Å². The minimum Gasteiger partial charge on any atom is -0.444 e. The fraction of sp³-hybridized carbons (Fsp3) is 0.467. The number of nitrogens with one attached hydrogen (secondary N) is 2. The van der Waals surface area contributed by atoms with E-state index in [1.165, 1.54) is 0 Å². The van der Waals surface area contributed by atoms with Gasteiger partial charge in [0.1, 0.15) is 5.60 Å². The van der Waals surface area contributed by atoms with Gasteiger partial charge in [-0.15, -0.1) is 10.2 Å². The molecule has 1 aromatic heterocycles. The van der Waals surface area contributed by atoms with Crippen LogP contribution in [-0.2, 0) is 4.74 Å². The summed E-state index contributed by atoms with van der Waals surface area (Å²) in [5.41, 5.74) is 7.15. The van der Waals surface area contributed by atoms with Gasteiger partial charge in [-0.1, -0.05) is 18.2 Å². The molecule has 0 radical (unpaired) electrons. The van der Waals surface area contributed by atoms with Crippen LogP contribution in [0.1, 0.15) is 32.3 Å². The largest absolute Gasteiger partial charge is 0.444 e. The number of carbonyl (C=O) groups excluding carboxylic acids is 1. The van der Waals surface area contributed by atoms with Crippen LogP contribution in [0.4, 0.5) is 4.79 Å². The molecule has 4 N–H and O–H groups in total. The summed E-state index contributed by atoms with van der Waals surface area (Å²) in [6, 6.07) is 7.69. The molecule has 2 aromatic rings. The summed E-state index contributed by atoms with van der Waals surface area (Å²) in [6.07, 6.45) is -0.453. The highest BCUT2D eigenvalue weighted by atomic mass is 16.6. The molecular formula is C15H22N6O2. The molecule has 124 valence electrons. The molecule has 0 saturated carbocycles. The molecule has 1 unspecified atom stereocenters. The Labute approximate surface area is 134 Å². The van der Waals surface area contributed by atoms with Crippen LogP contribution in [0.5, 0.6) is 0 Å². The van der Waals surface area contributed by atoms with E-state index in [9.17, 15) is 4.79 Å². The Morgan fingerprint density at radius 2 is 2.22 bits per heavy atom. The second-order valence-corrected chi connectivity index (χ2v) is 6.18. The molecule has 0 aliphatic carbocycles. The lowest BCUT2D eigenvalue weighted by molar-refractivity contribution is 0.0525. The first kappa shape index (κ1) is 16.9. The van der Waals surface area contributed by atoms with Crippen LogP contribution >= 0.6 is 0 Å². The van der Waals surface area contributed by atoms with E-state index in [0.717, 1.165) is 11.1 Å². The topological polar surface area (TPSA) is 119 Å². The molecule has 8 heteroatoms. The van der Waals surface area contributed by atoms with E-state index in [0.29, 0.717) is 18.9 Å². The normalized spacial score (nSPS) is 12.7. The van der Waals surface area contributed by atoms with Crippen molar-refractivity contribution in [1.29, 1.82) is 0 Å². The van der Waals surface area contributed by atoms with Gasteiger partial charge in [0.2, 0.25) is 5.82 Å². The number of H-pyrrole nitrogens is 1. The van der Waals surface area contributed by atoms with Crippen LogP contribution in [0.25, 0.3) is 11.4 Å². The van der Waals surface area contributed by atoms with Gasteiger partial charge in [0.25, 0.3) is 0 Å². The lowest BCUT2D eigenvalue weighted by atomic mass is 9.97. The SMILES string of the molecule is CC(C)(C)OC(=O)NCC(CN)c1cccc(-c2nn[nH]n2)c1. The predicted octanol–water partition coefficient (Wildman–Crippen LogP) is 1.43. The van der Waals surface area contributed by atoms with Gasteiger partial charge in [-0.05, 0) is 37.6 Å². The Morgan fingerprint density at radius 3 is 2.83 bits per heavy atom. The number of aromatic nitrogens is 4. The van der Waals surface area contributed by atoms with Crippen molar-refractivity contribution in [2.75, 3.05) is 13.1 Å². The number of alkyl carbamates (subject to hydrolysis) is 1. The second kappa shape index (κ2) is 7.19. The Morgan fingerprint density at radius 1 is 1.43 bits per heavy atom. The van der Waals surface area contributed by atoms with Gasteiger partial charge in [-0.2, -0.15) is 5.21 Å². The highest BCUT2D eigenvalue weighted by Crippen LogP contribution is 2.20. The maximum Gasteiger partial charge on any atom is 0.407 e. The summed E-state index contributed by atoms with van der Waals surface area (Å²) < 4.78 is 5.23. The van der Waals surface area contributed by atoms with E-state index < -0.39 is 11.7 Å². The van der Waals surface area contributed by atoms with Crippen LogP contribution in [-0.4, -0.2) is 45.4 Å². The highest BCUT2D eigenvalue weighted by Gasteiger charge is 2.18. The van der Waals surface area contributed by atoms with Crippen molar-refractivity contribution < 1.29 is 9.53 Å². The van der Waals surface area contributed by atoms with Crippen molar-refractivity contribution in [3.63, 3.8) is 0 Å². The first-order chi connectivity index (χ1) is 10.9. The maximum atomic E-state index is 11.8. The van der Waals surface area contributed by atoms with E-state index >= 15 is 0 Å². The number of hydrogen-bond donors (Lipinski definition) is 3. The Balaban J connectivity index is 2.03. The van der Waals surface area contributed by atoms with Gasteiger partial charge < -0.3 is 15.8 Å². The van der Waals surface area contributed by atoms with Crippen molar-refractivity contribution in [3.05, 3.63) is 29.8 Å². The first-order valence-electron chi connectivity index (χ1n) is 7.40. The monoisotopic (exact) mass is 318 g/mol. The van der Waals surface area contributed by atoms with Crippen molar-refractivity contribution in [1.82, 2.24) is 25.9 Å². The zero-order valence-corrected chi connectivity index (χ0v) is 13.5. The molecule has 2 rings (SSSR count). The number of nitrogens with zero attached hydrogens (tertiary/aromatic N) is 3. The fourth-order valence-electron chi connectivity index (χ4n) is 2.07. The number of benzene rings is 1. The fourth-order valence-corrected chi connectivity index (χ4v) is 2.07. The van der Waals surface area contributed by atoms with E-state index in [1.54, 1.807) is 0 Å². The number of aromatic amines is 1. The second-order valence-electron chi connectivity index (χ2n) is 6.18. The lowest BCUT2D eigenvalue weighted by Gasteiger charge is -2.21. The summed E-state index contributed by atoms with van der Waals surface area (Å²) in [6.45, 7) is 6.25. The third-order valence-corrected chi connectivity index (χ3v) is 3.14. The quantitative estimate of drug-likeness (QED) is 0.767. The van der Waals surface area contributed by atoms with Gasteiger partial charge >= 0.3 is 6.09 Å². The molecule has 0 saturated heterocycles. The number of nitrogens with two attached hydrogens (primary N) is 1. The number of ether oxygens (including phenoxy) is 1. The molecule has 0 aliphatic heterocycles. The average molecular weight is 318 g/mol. The third-order valence-electron chi connectivity index (χ3n) is 3.14. The Kier molecular flexibility index (Phi) is 5.28. The molecule has 1 amide bonds. The molecule has 23 heavy (non-hydrogen) atoms. The zero-order chi connectivity index (χ0) is 16.9. The minimum absolute atomic E-state index is 0.0330. The van der Waals surface area contributed by atoms with Crippen molar-refractivity contribution in [2.24, 2.45) is 5.73 Å². The number of rotatable bonds is 5. The molecule has 0 aliphatic rings. The highest BCUT2D eigenvalue weighted by molar-refractivity contribution is 5.67. The number of amides is 1. The molecule has 1 atom stereocenters. The van der Waals surface area contributed by atoms with E-state index in [1.807, 2.05) is 45.0 Å². The average Bonchev–Trinajstić information content (AvgIpc) is 3.00. The zero-order valence-electron chi connectivity index (χ0n) is 13.5. The van der Waals surface area contributed by atoms with Crippen LogP contribution in [0.3, 0.4) is 0 Å². The third kappa shape index (κ3) is 5.03. The molecule has 0 spiro atoms. The molecule has 8 nitrogen and oxygen atoms in total. The minimum atomic E-state index is -0.527. The Bertz CT molecular complexity index is 636. The van der Waals surface area contributed by atoms with Gasteiger partial charge in [-0.25, -0.2) is 4.79 Å². The van der Waals surface area contributed by atoms with Gasteiger partial charge in [0.15, 0.2) is 0 Å². The van der Waals surface area contributed by atoms with E-state index in [4.69, 9.17) is 10.5 Å². The number of hydrogen-bond acceptors (Lipinski definition) is 6. The van der Waals surface area contributed by atoms with Gasteiger partial charge in [0.05, 0.1) is 0 Å². The standard InChI is InChI=1S/C15H22N6O2/c1-15(2,3)23-14(22)17-9-12(8-16)10-5-4-6-11(7-10)13-18-20-21-19-13/h4-7,12H,8-9,16H2,1-3H3,(H,17,22)(H,18,19,20,21). The van der Waals surface area contributed by atoms with Crippen LogP contribution < -0.4 is 11.1 Å². The van der Waals surface area contributed by atoms with Crippen molar-refractivity contribution >= 4 is 6.09 Å². The van der Waals surface area contributed by atoms with E-state index in [-0.39, 0.29) is 5.92 Å². The summed E-state index contributed by atoms with van der Waals surface area (Å²) in [4.78, 5) is 11.8. The van der Waals surface area contributed by atoms with E-state index in [2.05, 4.69) is 25.9 Å². The Hall–Kier alpha value is -2.48. The number of tetrazole rings is 1. The summed E-state index contributed by atoms with van der Waals surface area (Å²) >= 11 is 0. The van der Waals surface area contributed by atoms with Crippen LogP contribution in [0.2, 0.25) is 0 Å². The summed E-state index contributed by atoms with van der Waals surface area (Å²) in [7, 11) is 0. The predicted molar refractivity (Wildman–Crippen MR) is 85.6 cm³/mol. The summed E-state index contributed by atoms with van der Waals surface area (Å²) in [5.74, 6) is 0.483. The smallest absolute Gasteiger partial charge is 0.407 e.